The number of benzene rings is 2. The number of hydrogen-bond donors (Lipinski definition) is 2. The summed E-state index contributed by atoms with van der Waals surface area (Å²) in [6.07, 6.45) is -1.42. The van der Waals surface area contributed by atoms with Crippen LogP contribution in [0.3, 0.4) is 0 Å². The van der Waals surface area contributed by atoms with Crippen molar-refractivity contribution in [2.75, 3.05) is 6.54 Å². The van der Waals surface area contributed by atoms with E-state index in [9.17, 15) is 14.0 Å². The highest BCUT2D eigenvalue weighted by atomic mass is 19.1. The van der Waals surface area contributed by atoms with Gasteiger partial charge in [-0.15, -0.1) is 0 Å². The summed E-state index contributed by atoms with van der Waals surface area (Å²) in [7, 11) is 0. The summed E-state index contributed by atoms with van der Waals surface area (Å²) in [5, 5.41) is 8.77. The molecule has 26 heavy (non-hydrogen) atoms. The second kappa shape index (κ2) is 7.81. The minimum absolute atomic E-state index is 0.126. The molecule has 0 unspecified atom stereocenters. The molecule has 0 bridgehead atoms. The Morgan fingerprint density at radius 3 is 2.27 bits per heavy atom. The van der Waals surface area contributed by atoms with Crippen molar-refractivity contribution < 1.29 is 19.2 Å². The fourth-order valence-electron chi connectivity index (χ4n) is 2.86. The quantitative estimate of drug-likeness (QED) is 0.494. The number of carbonyl (C=O) groups excluding carboxylic acids is 2. The van der Waals surface area contributed by atoms with E-state index < -0.39 is 24.0 Å². The van der Waals surface area contributed by atoms with Crippen molar-refractivity contribution in [3.8, 4) is 11.8 Å². The van der Waals surface area contributed by atoms with Crippen LogP contribution in [0.15, 0.2) is 54.6 Å². The first-order valence-electron chi connectivity index (χ1n) is 8.14. The largest absolute Gasteiger partial charge is 0.324 e. The van der Waals surface area contributed by atoms with Gasteiger partial charge in [-0.1, -0.05) is 30.0 Å². The van der Waals surface area contributed by atoms with Crippen molar-refractivity contribution in [3.05, 3.63) is 71.3 Å². The van der Waals surface area contributed by atoms with E-state index in [4.69, 9.17) is 5.21 Å². The van der Waals surface area contributed by atoms with E-state index in [0.29, 0.717) is 5.56 Å². The Bertz CT molecular complexity index is 856. The molecule has 2 aromatic carbocycles. The van der Waals surface area contributed by atoms with Crippen LogP contribution in [-0.4, -0.2) is 40.7 Å². The zero-order valence-electron chi connectivity index (χ0n) is 13.9. The van der Waals surface area contributed by atoms with Crippen LogP contribution in [0.25, 0.3) is 0 Å². The van der Waals surface area contributed by atoms with Gasteiger partial charge in [-0.25, -0.2) is 9.87 Å². The molecule has 3 rings (SSSR count). The van der Waals surface area contributed by atoms with Gasteiger partial charge >= 0.3 is 0 Å². The molecular weight excluding hydrogens is 335 g/mol. The van der Waals surface area contributed by atoms with E-state index in [1.54, 1.807) is 24.3 Å². The molecule has 1 saturated heterocycles. The molecule has 6 heteroatoms. The summed E-state index contributed by atoms with van der Waals surface area (Å²) >= 11 is 0. The second-order valence-corrected chi connectivity index (χ2v) is 5.98. The molecule has 132 valence electrons. The van der Waals surface area contributed by atoms with Gasteiger partial charge < -0.3 is 4.90 Å². The third-order valence-electron chi connectivity index (χ3n) is 4.18. The highest BCUT2D eigenvalue weighted by Crippen LogP contribution is 2.23. The zero-order valence-corrected chi connectivity index (χ0v) is 13.9. The van der Waals surface area contributed by atoms with Crippen LogP contribution in [-0.2, 0) is 4.79 Å². The highest BCUT2D eigenvalue weighted by Gasteiger charge is 2.40. The van der Waals surface area contributed by atoms with E-state index in [-0.39, 0.29) is 13.0 Å². The third kappa shape index (κ3) is 3.90. The molecular formula is C20H17FN2O3. The number of likely N-dealkylation sites (tertiary alicyclic amines) is 1. The van der Waals surface area contributed by atoms with Crippen LogP contribution >= 0.6 is 0 Å². The lowest BCUT2D eigenvalue weighted by Crippen LogP contribution is -2.45. The van der Waals surface area contributed by atoms with E-state index in [1.807, 2.05) is 30.3 Å². The number of amides is 2. The van der Waals surface area contributed by atoms with Gasteiger partial charge in [0.25, 0.3) is 11.8 Å². The van der Waals surface area contributed by atoms with Gasteiger partial charge in [0.2, 0.25) is 0 Å². The van der Waals surface area contributed by atoms with Gasteiger partial charge in [-0.2, -0.15) is 0 Å². The molecule has 2 atom stereocenters. The van der Waals surface area contributed by atoms with Crippen molar-refractivity contribution >= 4 is 11.8 Å². The molecule has 0 saturated carbocycles. The third-order valence-corrected chi connectivity index (χ3v) is 4.18. The number of halogens is 1. The number of alkyl halides is 1. The highest BCUT2D eigenvalue weighted by molar-refractivity contribution is 5.98. The topological polar surface area (TPSA) is 69.6 Å². The Balaban J connectivity index is 1.75. The van der Waals surface area contributed by atoms with Gasteiger partial charge in [-0.05, 0) is 36.4 Å². The molecule has 0 aliphatic carbocycles. The van der Waals surface area contributed by atoms with Crippen molar-refractivity contribution in [2.45, 2.75) is 18.6 Å². The Hall–Kier alpha value is -3.17. The lowest BCUT2D eigenvalue weighted by atomic mass is 10.1. The van der Waals surface area contributed by atoms with E-state index >= 15 is 0 Å². The van der Waals surface area contributed by atoms with Crippen molar-refractivity contribution in [1.29, 1.82) is 0 Å². The summed E-state index contributed by atoms with van der Waals surface area (Å²) in [5.74, 6) is 4.79. The van der Waals surface area contributed by atoms with Crippen LogP contribution in [0.5, 0.6) is 0 Å². The lowest BCUT2D eigenvalue weighted by molar-refractivity contribution is -0.133. The first-order valence-corrected chi connectivity index (χ1v) is 8.14. The molecule has 2 amide bonds. The molecule has 1 aliphatic heterocycles. The Labute approximate surface area is 150 Å². The summed E-state index contributed by atoms with van der Waals surface area (Å²) < 4.78 is 13.6. The van der Waals surface area contributed by atoms with Crippen molar-refractivity contribution in [3.63, 3.8) is 0 Å². The molecule has 0 aromatic heterocycles. The smallest absolute Gasteiger partial charge is 0.266 e. The van der Waals surface area contributed by atoms with Crippen molar-refractivity contribution in [2.24, 2.45) is 0 Å². The molecule has 0 radical (unpaired) electrons. The van der Waals surface area contributed by atoms with Gasteiger partial charge in [-0.3, -0.25) is 14.8 Å². The predicted octanol–water partition coefficient (Wildman–Crippen LogP) is 2.14. The molecule has 1 aliphatic rings. The van der Waals surface area contributed by atoms with E-state index in [1.165, 1.54) is 5.48 Å². The number of hydrogen-bond acceptors (Lipinski definition) is 3. The molecule has 1 fully saturated rings. The monoisotopic (exact) mass is 352 g/mol. The summed E-state index contributed by atoms with van der Waals surface area (Å²) in [4.78, 5) is 25.4. The molecule has 2 N–H and O–H groups in total. The fraction of sp³-hybridized carbons (Fsp3) is 0.200. The minimum atomic E-state index is -1.29. The van der Waals surface area contributed by atoms with E-state index in [0.717, 1.165) is 16.0 Å². The Morgan fingerprint density at radius 1 is 1.04 bits per heavy atom. The molecule has 5 nitrogen and oxygen atoms in total. The average Bonchev–Trinajstić information content (AvgIpc) is 3.08. The molecule has 0 spiro atoms. The van der Waals surface area contributed by atoms with E-state index in [2.05, 4.69) is 11.8 Å². The summed E-state index contributed by atoms with van der Waals surface area (Å²) in [6, 6.07) is 15.1. The Morgan fingerprint density at radius 2 is 1.65 bits per heavy atom. The normalized spacial score (nSPS) is 18.8. The fourth-order valence-corrected chi connectivity index (χ4v) is 2.86. The maximum Gasteiger partial charge on any atom is 0.266 e. The number of hydroxylamine groups is 1. The van der Waals surface area contributed by atoms with Crippen LogP contribution in [0, 0.1) is 11.8 Å². The first-order chi connectivity index (χ1) is 12.6. The number of rotatable bonds is 2. The maximum atomic E-state index is 13.6. The summed E-state index contributed by atoms with van der Waals surface area (Å²) in [6.45, 7) is -0.174. The standard InChI is InChI=1S/C20H17FN2O3/c21-17-12-18(19(24)22-26)23(13-17)20(25)16-10-8-15(9-11-16)7-6-14-4-2-1-3-5-14/h1-5,8-11,17-18,26H,12-13H2,(H,22,24)/t17-,18-/m0/s1. The van der Waals surface area contributed by atoms with Crippen LogP contribution < -0.4 is 5.48 Å². The van der Waals surface area contributed by atoms with Crippen LogP contribution in [0.1, 0.15) is 27.9 Å². The van der Waals surface area contributed by atoms with Crippen molar-refractivity contribution in [1.82, 2.24) is 10.4 Å². The zero-order chi connectivity index (χ0) is 18.5. The van der Waals surface area contributed by atoms with Gasteiger partial charge in [0, 0.05) is 23.1 Å². The minimum Gasteiger partial charge on any atom is -0.324 e. The first kappa shape index (κ1) is 17.6. The second-order valence-electron chi connectivity index (χ2n) is 5.98. The van der Waals surface area contributed by atoms with Gasteiger partial charge in [0.1, 0.15) is 12.2 Å². The average molecular weight is 352 g/mol. The lowest BCUT2D eigenvalue weighted by Gasteiger charge is -2.22. The number of carbonyl (C=O) groups is 2. The summed E-state index contributed by atoms with van der Waals surface area (Å²) in [5.41, 5.74) is 3.44. The van der Waals surface area contributed by atoms with Crippen LogP contribution in [0.2, 0.25) is 0 Å². The van der Waals surface area contributed by atoms with Gasteiger partial charge in [0.05, 0.1) is 6.54 Å². The van der Waals surface area contributed by atoms with Crippen LogP contribution in [0.4, 0.5) is 4.39 Å². The number of nitrogens with one attached hydrogen (secondary N) is 1. The molecule has 2 aromatic rings. The Kier molecular flexibility index (Phi) is 5.30. The van der Waals surface area contributed by atoms with Gasteiger partial charge in [0.15, 0.2) is 0 Å². The number of nitrogens with zero attached hydrogens (tertiary/aromatic N) is 1. The predicted molar refractivity (Wildman–Crippen MR) is 93.1 cm³/mol. The maximum absolute atomic E-state index is 13.6. The SMILES string of the molecule is O=C(NO)[C@@H]1C[C@H](F)CN1C(=O)c1ccc(C#Cc2ccccc2)cc1. The molecule has 1 heterocycles.